The summed E-state index contributed by atoms with van der Waals surface area (Å²) >= 11 is 0. The van der Waals surface area contributed by atoms with Crippen LogP contribution in [0.15, 0.2) is 109 Å². The van der Waals surface area contributed by atoms with E-state index in [0.717, 1.165) is 17.1 Å². The second-order valence-electron chi connectivity index (χ2n) is 5.85. The average Bonchev–Trinajstić information content (AvgIpc) is 2.70. The monoisotopic (exact) mass is 322 g/mol. The first-order valence-corrected chi connectivity index (χ1v) is 8.38. The highest BCUT2D eigenvalue weighted by Gasteiger charge is 2.08. The Hall–Kier alpha value is -3.32. The largest absolute Gasteiger partial charge is 0.457 e. The van der Waals surface area contributed by atoms with Crippen LogP contribution in [0.2, 0.25) is 0 Å². The molecule has 1 heteroatoms. The van der Waals surface area contributed by atoms with Crippen LogP contribution >= 0.6 is 0 Å². The van der Waals surface area contributed by atoms with Gasteiger partial charge in [-0.15, -0.1) is 0 Å². The number of hydrogen-bond acceptors (Lipinski definition) is 1. The first-order valence-electron chi connectivity index (χ1n) is 8.38. The summed E-state index contributed by atoms with van der Waals surface area (Å²) in [5.74, 6) is 1.73. The molecule has 0 aromatic heterocycles. The van der Waals surface area contributed by atoms with Crippen molar-refractivity contribution in [2.45, 2.75) is 0 Å². The highest BCUT2D eigenvalue weighted by Crippen LogP contribution is 2.28. The van der Waals surface area contributed by atoms with Crippen molar-refractivity contribution in [3.63, 3.8) is 0 Å². The maximum atomic E-state index is 5.98. The van der Waals surface area contributed by atoms with Crippen LogP contribution in [0.25, 0.3) is 11.6 Å². The standard InChI is InChI=1S/C24H18O/c1-3-9-19(10-4-1)23(20-11-5-2-6-12-20)18-17-22-16-15-21-13-7-8-14-24(21)25-22/h1-18H/b22-17+. The molecule has 0 atom stereocenters. The van der Waals surface area contributed by atoms with Gasteiger partial charge in [-0.1, -0.05) is 84.9 Å². The molecule has 0 spiro atoms. The summed E-state index contributed by atoms with van der Waals surface area (Å²) in [6.07, 6.45) is 8.25. The molecule has 0 aliphatic carbocycles. The number of benzene rings is 3. The Balaban J connectivity index is 1.71. The van der Waals surface area contributed by atoms with E-state index in [2.05, 4.69) is 66.7 Å². The minimum atomic E-state index is 0.836. The second kappa shape index (κ2) is 7.06. The van der Waals surface area contributed by atoms with Gasteiger partial charge in [0, 0.05) is 5.56 Å². The van der Waals surface area contributed by atoms with E-state index in [4.69, 9.17) is 4.74 Å². The Kier molecular flexibility index (Phi) is 4.30. The van der Waals surface area contributed by atoms with Crippen molar-refractivity contribution >= 4 is 11.6 Å². The summed E-state index contributed by atoms with van der Waals surface area (Å²) in [5, 5.41) is 0. The van der Waals surface area contributed by atoms with E-state index in [1.807, 2.05) is 42.5 Å². The molecule has 0 bridgehead atoms. The highest BCUT2D eigenvalue weighted by atomic mass is 16.5. The van der Waals surface area contributed by atoms with Crippen LogP contribution < -0.4 is 4.74 Å². The minimum Gasteiger partial charge on any atom is -0.457 e. The van der Waals surface area contributed by atoms with Crippen molar-refractivity contribution in [1.82, 2.24) is 0 Å². The zero-order valence-corrected chi connectivity index (χ0v) is 13.8. The van der Waals surface area contributed by atoms with Gasteiger partial charge >= 0.3 is 0 Å². The number of fused-ring (bicyclic) bond motifs is 1. The molecule has 0 radical (unpaired) electrons. The summed E-state index contributed by atoms with van der Waals surface area (Å²) in [5.41, 5.74) is 4.65. The van der Waals surface area contributed by atoms with Crippen molar-refractivity contribution in [2.24, 2.45) is 0 Å². The van der Waals surface area contributed by atoms with Crippen molar-refractivity contribution in [1.29, 1.82) is 0 Å². The van der Waals surface area contributed by atoms with Crippen LogP contribution in [-0.2, 0) is 0 Å². The normalized spacial score (nSPS) is 13.8. The SMILES string of the molecule is C1=Cc2ccccc2O/C1=C/C=C(c1ccccc1)c1ccccc1. The minimum absolute atomic E-state index is 0.836. The molecule has 0 saturated carbocycles. The predicted molar refractivity (Wildman–Crippen MR) is 104 cm³/mol. The molecular weight excluding hydrogens is 304 g/mol. The molecule has 3 aromatic carbocycles. The molecule has 3 aromatic rings. The quantitative estimate of drug-likeness (QED) is 0.565. The highest BCUT2D eigenvalue weighted by molar-refractivity contribution is 5.81. The van der Waals surface area contributed by atoms with Crippen LogP contribution in [0.5, 0.6) is 5.75 Å². The topological polar surface area (TPSA) is 9.23 Å². The van der Waals surface area contributed by atoms with Gasteiger partial charge in [-0.05, 0) is 41.0 Å². The molecule has 4 rings (SSSR count). The van der Waals surface area contributed by atoms with Crippen LogP contribution in [0.3, 0.4) is 0 Å². The fourth-order valence-corrected chi connectivity index (χ4v) is 2.89. The van der Waals surface area contributed by atoms with Crippen LogP contribution in [0.4, 0.5) is 0 Å². The molecule has 0 unspecified atom stereocenters. The fraction of sp³-hybridized carbons (Fsp3) is 0. The number of para-hydroxylation sites is 1. The zero-order valence-electron chi connectivity index (χ0n) is 13.8. The average molecular weight is 322 g/mol. The summed E-state index contributed by atoms with van der Waals surface area (Å²) in [7, 11) is 0. The lowest BCUT2D eigenvalue weighted by Gasteiger charge is -2.14. The lowest BCUT2D eigenvalue weighted by atomic mass is 9.97. The maximum Gasteiger partial charge on any atom is 0.134 e. The summed E-state index contributed by atoms with van der Waals surface area (Å²) in [6, 6.07) is 28.9. The van der Waals surface area contributed by atoms with Crippen molar-refractivity contribution < 1.29 is 4.74 Å². The summed E-state index contributed by atoms with van der Waals surface area (Å²) in [4.78, 5) is 0. The predicted octanol–water partition coefficient (Wildman–Crippen LogP) is 6.11. The second-order valence-corrected chi connectivity index (χ2v) is 5.85. The molecule has 25 heavy (non-hydrogen) atoms. The molecule has 120 valence electrons. The van der Waals surface area contributed by atoms with Gasteiger partial charge in [-0.2, -0.15) is 0 Å². The molecule has 1 aliphatic rings. The molecule has 0 amide bonds. The Morgan fingerprint density at radius 3 is 1.92 bits per heavy atom. The molecular formula is C24H18O. The van der Waals surface area contributed by atoms with E-state index in [-0.39, 0.29) is 0 Å². The van der Waals surface area contributed by atoms with Crippen molar-refractivity contribution in [3.8, 4) is 5.75 Å². The molecule has 0 fully saturated rings. The van der Waals surface area contributed by atoms with E-state index >= 15 is 0 Å². The van der Waals surface area contributed by atoms with E-state index in [1.165, 1.54) is 16.7 Å². The summed E-state index contributed by atoms with van der Waals surface area (Å²) in [6.45, 7) is 0. The molecule has 0 saturated heterocycles. The number of ether oxygens (including phenoxy) is 1. The van der Waals surface area contributed by atoms with Gasteiger partial charge in [0.2, 0.25) is 0 Å². The van der Waals surface area contributed by atoms with Gasteiger partial charge in [0.25, 0.3) is 0 Å². The van der Waals surface area contributed by atoms with Gasteiger partial charge in [0.15, 0.2) is 0 Å². The van der Waals surface area contributed by atoms with Gasteiger partial charge < -0.3 is 4.74 Å². The number of allylic oxidation sites excluding steroid dienone is 3. The van der Waals surface area contributed by atoms with Gasteiger partial charge in [-0.25, -0.2) is 0 Å². The van der Waals surface area contributed by atoms with Gasteiger partial charge in [0.05, 0.1) is 0 Å². The maximum absolute atomic E-state index is 5.98. The molecule has 1 heterocycles. The fourth-order valence-electron chi connectivity index (χ4n) is 2.89. The van der Waals surface area contributed by atoms with Gasteiger partial charge in [0.1, 0.15) is 11.5 Å². The number of hydrogen-bond donors (Lipinski definition) is 0. The third kappa shape index (κ3) is 3.46. The van der Waals surface area contributed by atoms with Gasteiger partial charge in [-0.3, -0.25) is 0 Å². The van der Waals surface area contributed by atoms with E-state index in [1.54, 1.807) is 0 Å². The Morgan fingerprint density at radius 1 is 0.640 bits per heavy atom. The van der Waals surface area contributed by atoms with E-state index in [0.29, 0.717) is 0 Å². The zero-order chi connectivity index (χ0) is 16.9. The first kappa shape index (κ1) is 15.2. The van der Waals surface area contributed by atoms with E-state index < -0.39 is 0 Å². The van der Waals surface area contributed by atoms with Crippen LogP contribution in [-0.4, -0.2) is 0 Å². The first-order chi connectivity index (χ1) is 12.4. The summed E-state index contributed by atoms with van der Waals surface area (Å²) < 4.78 is 5.98. The van der Waals surface area contributed by atoms with Crippen molar-refractivity contribution in [2.75, 3.05) is 0 Å². The third-order valence-electron chi connectivity index (χ3n) is 4.16. The number of rotatable bonds is 3. The Labute approximate surface area is 148 Å². The smallest absolute Gasteiger partial charge is 0.134 e. The van der Waals surface area contributed by atoms with Crippen LogP contribution in [0, 0.1) is 0 Å². The Morgan fingerprint density at radius 2 is 1.24 bits per heavy atom. The van der Waals surface area contributed by atoms with Crippen LogP contribution in [0.1, 0.15) is 16.7 Å². The lowest BCUT2D eigenvalue weighted by molar-refractivity contribution is 0.440. The van der Waals surface area contributed by atoms with E-state index in [9.17, 15) is 0 Å². The molecule has 0 N–H and O–H groups in total. The molecule has 1 nitrogen and oxygen atoms in total. The Bertz CT molecular complexity index is 906. The molecule has 1 aliphatic heterocycles. The lowest BCUT2D eigenvalue weighted by Crippen LogP contribution is -1.98. The van der Waals surface area contributed by atoms with Crippen molar-refractivity contribution in [3.05, 3.63) is 126 Å². The third-order valence-corrected chi connectivity index (χ3v) is 4.16.